The Labute approximate surface area is 175 Å². The number of sulfonamides is 1. The molecule has 3 aromatic rings. The minimum Gasteiger partial charge on any atom is -0.494 e. The molecule has 0 bridgehead atoms. The molecule has 2 N–H and O–H groups in total. The molecule has 30 heavy (non-hydrogen) atoms. The van der Waals surface area contributed by atoms with E-state index >= 15 is 0 Å². The van der Waals surface area contributed by atoms with Crippen LogP contribution >= 0.6 is 0 Å². The van der Waals surface area contributed by atoms with Gasteiger partial charge in [0.25, 0.3) is 15.9 Å². The summed E-state index contributed by atoms with van der Waals surface area (Å²) in [5.41, 5.74) is 1.40. The molecule has 0 saturated heterocycles. The second-order valence-electron chi connectivity index (χ2n) is 6.24. The van der Waals surface area contributed by atoms with Crippen molar-refractivity contribution >= 4 is 27.3 Å². The first kappa shape index (κ1) is 20.9. The summed E-state index contributed by atoms with van der Waals surface area (Å²) in [5.74, 6) is 0.155. The topological polar surface area (TPSA) is 108 Å². The molecule has 0 unspecified atom stereocenters. The number of amides is 1. The van der Waals surface area contributed by atoms with Crippen LogP contribution in [-0.2, 0) is 10.0 Å². The summed E-state index contributed by atoms with van der Waals surface area (Å²) in [6.45, 7) is 2.38. The summed E-state index contributed by atoms with van der Waals surface area (Å²) >= 11 is 0. The third-order valence-corrected chi connectivity index (χ3v) is 5.45. The smallest absolute Gasteiger partial charge is 0.261 e. The van der Waals surface area contributed by atoms with Crippen LogP contribution < -0.4 is 14.8 Å². The molecule has 0 aliphatic rings. The first-order chi connectivity index (χ1) is 14.4. The zero-order valence-corrected chi connectivity index (χ0v) is 16.9. The first-order valence-corrected chi connectivity index (χ1v) is 10.6. The maximum absolute atomic E-state index is 12.7. The highest BCUT2D eigenvalue weighted by molar-refractivity contribution is 7.92. The van der Waals surface area contributed by atoms with Crippen molar-refractivity contribution < 1.29 is 17.9 Å². The van der Waals surface area contributed by atoms with Crippen molar-refractivity contribution in [2.75, 3.05) is 16.6 Å². The molecule has 0 aliphatic heterocycles. The first-order valence-electron chi connectivity index (χ1n) is 9.08. The molecule has 8 heteroatoms. The maximum Gasteiger partial charge on any atom is 0.261 e. The van der Waals surface area contributed by atoms with Gasteiger partial charge in [-0.05, 0) is 67.6 Å². The largest absolute Gasteiger partial charge is 0.494 e. The molecule has 0 atom stereocenters. The molecule has 0 radical (unpaired) electrons. The van der Waals surface area contributed by atoms with E-state index < -0.39 is 15.9 Å². The monoisotopic (exact) mass is 421 g/mol. The van der Waals surface area contributed by atoms with E-state index in [1.54, 1.807) is 42.5 Å². The van der Waals surface area contributed by atoms with Crippen molar-refractivity contribution in [1.82, 2.24) is 0 Å². The lowest BCUT2D eigenvalue weighted by atomic mass is 10.2. The van der Waals surface area contributed by atoms with E-state index in [1.165, 1.54) is 30.3 Å². The lowest BCUT2D eigenvalue weighted by Crippen LogP contribution is -2.16. The van der Waals surface area contributed by atoms with Crippen LogP contribution in [0.1, 0.15) is 22.8 Å². The van der Waals surface area contributed by atoms with E-state index in [1.807, 2.05) is 13.0 Å². The highest BCUT2D eigenvalue weighted by atomic mass is 32.2. The summed E-state index contributed by atoms with van der Waals surface area (Å²) in [5, 5.41) is 11.6. The van der Waals surface area contributed by atoms with Gasteiger partial charge in [0.1, 0.15) is 5.75 Å². The fourth-order valence-corrected chi connectivity index (χ4v) is 3.78. The number of ether oxygens (including phenoxy) is 1. The molecule has 152 valence electrons. The lowest BCUT2D eigenvalue weighted by Gasteiger charge is -2.11. The van der Waals surface area contributed by atoms with Crippen LogP contribution in [0.4, 0.5) is 11.4 Å². The molecule has 0 aliphatic carbocycles. The molecule has 1 amide bonds. The molecule has 7 nitrogen and oxygen atoms in total. The fraction of sp³-hybridized carbons (Fsp3) is 0.0909. The number of nitrogens with one attached hydrogen (secondary N) is 2. The Balaban J connectivity index is 1.77. The number of nitriles is 1. The van der Waals surface area contributed by atoms with Crippen molar-refractivity contribution in [1.29, 1.82) is 5.26 Å². The highest BCUT2D eigenvalue weighted by Crippen LogP contribution is 2.21. The minimum absolute atomic E-state index is 0.0465. The molecule has 3 rings (SSSR count). The number of anilines is 2. The summed E-state index contributed by atoms with van der Waals surface area (Å²) in [6.07, 6.45) is 0. The van der Waals surface area contributed by atoms with E-state index in [0.29, 0.717) is 29.3 Å². The molecule has 0 fully saturated rings. The molecule has 0 saturated carbocycles. The zero-order valence-electron chi connectivity index (χ0n) is 16.1. The van der Waals surface area contributed by atoms with Crippen molar-refractivity contribution in [3.8, 4) is 11.8 Å². The number of hydrogen-bond donors (Lipinski definition) is 2. The second kappa shape index (κ2) is 9.11. The van der Waals surface area contributed by atoms with Crippen LogP contribution in [0.25, 0.3) is 0 Å². The number of carbonyl (C=O) groups excluding carboxylic acids is 1. The van der Waals surface area contributed by atoms with Gasteiger partial charge in [-0.15, -0.1) is 0 Å². The maximum atomic E-state index is 12.7. The van der Waals surface area contributed by atoms with E-state index in [0.717, 1.165) is 0 Å². The van der Waals surface area contributed by atoms with Crippen molar-refractivity contribution in [3.63, 3.8) is 0 Å². The van der Waals surface area contributed by atoms with Crippen molar-refractivity contribution in [2.45, 2.75) is 11.8 Å². The van der Waals surface area contributed by atoms with E-state index in [-0.39, 0.29) is 10.5 Å². The van der Waals surface area contributed by atoms with E-state index in [4.69, 9.17) is 10.00 Å². The average molecular weight is 421 g/mol. The Morgan fingerprint density at radius 1 is 1.00 bits per heavy atom. The van der Waals surface area contributed by atoms with Gasteiger partial charge in [-0.1, -0.05) is 12.1 Å². The molecular weight excluding hydrogens is 402 g/mol. The lowest BCUT2D eigenvalue weighted by molar-refractivity contribution is 0.102. The van der Waals surface area contributed by atoms with Crippen LogP contribution in [0.2, 0.25) is 0 Å². The predicted octanol–water partition coefficient (Wildman–Crippen LogP) is 4.01. The summed E-state index contributed by atoms with van der Waals surface area (Å²) in [6, 6.07) is 20.7. The summed E-state index contributed by atoms with van der Waals surface area (Å²) in [7, 11) is -3.89. The fourth-order valence-electron chi connectivity index (χ4n) is 2.67. The summed E-state index contributed by atoms with van der Waals surface area (Å²) < 4.78 is 33.3. The van der Waals surface area contributed by atoms with Crippen molar-refractivity contribution in [3.05, 3.63) is 83.9 Å². The molecule has 3 aromatic carbocycles. The molecule has 0 heterocycles. The van der Waals surface area contributed by atoms with Gasteiger partial charge < -0.3 is 10.1 Å². The highest BCUT2D eigenvalue weighted by Gasteiger charge is 2.17. The Hall–Kier alpha value is -3.83. The Bertz CT molecular complexity index is 1200. The summed E-state index contributed by atoms with van der Waals surface area (Å²) in [4.78, 5) is 12.5. The average Bonchev–Trinajstić information content (AvgIpc) is 2.75. The SMILES string of the molecule is CCOc1ccc(NS(=O)(=O)c2cccc(C(=O)Nc3cccc(C#N)c3)c2)cc1. The van der Waals surface area contributed by atoms with Crippen molar-refractivity contribution in [2.24, 2.45) is 0 Å². The van der Waals surface area contributed by atoms with Gasteiger partial charge in [0.2, 0.25) is 0 Å². The van der Waals surface area contributed by atoms with Gasteiger partial charge in [-0.3, -0.25) is 9.52 Å². The van der Waals surface area contributed by atoms with E-state index in [2.05, 4.69) is 10.0 Å². The van der Waals surface area contributed by atoms with Gasteiger partial charge in [0.15, 0.2) is 0 Å². The van der Waals surface area contributed by atoms with Crippen LogP contribution in [0.3, 0.4) is 0 Å². The van der Waals surface area contributed by atoms with Gasteiger partial charge in [0, 0.05) is 16.9 Å². The number of nitrogens with zero attached hydrogens (tertiary/aromatic N) is 1. The number of hydrogen-bond acceptors (Lipinski definition) is 5. The van der Waals surface area contributed by atoms with Gasteiger partial charge in [-0.25, -0.2) is 8.42 Å². The normalized spacial score (nSPS) is 10.7. The predicted molar refractivity (Wildman–Crippen MR) is 114 cm³/mol. The molecular formula is C22H19N3O4S. The minimum atomic E-state index is -3.89. The van der Waals surface area contributed by atoms with Gasteiger partial charge in [0.05, 0.1) is 23.1 Å². The quantitative estimate of drug-likeness (QED) is 0.599. The van der Waals surface area contributed by atoms with Gasteiger partial charge in [-0.2, -0.15) is 5.26 Å². The third-order valence-electron chi connectivity index (χ3n) is 4.07. The number of carbonyl (C=O) groups is 1. The van der Waals surface area contributed by atoms with Crippen LogP contribution in [0, 0.1) is 11.3 Å². The van der Waals surface area contributed by atoms with Crippen LogP contribution in [0.15, 0.2) is 77.7 Å². The second-order valence-corrected chi connectivity index (χ2v) is 7.92. The van der Waals surface area contributed by atoms with Gasteiger partial charge >= 0.3 is 0 Å². The molecule has 0 aromatic heterocycles. The standard InChI is InChI=1S/C22H19N3O4S/c1-2-29-20-11-9-18(10-12-20)25-30(27,28)21-8-4-6-17(14-21)22(26)24-19-7-3-5-16(13-19)15-23/h3-14,25H,2H2,1H3,(H,24,26). The Morgan fingerprint density at radius 3 is 2.43 bits per heavy atom. The third kappa shape index (κ3) is 5.16. The number of benzene rings is 3. The van der Waals surface area contributed by atoms with E-state index in [9.17, 15) is 13.2 Å². The Morgan fingerprint density at radius 2 is 1.73 bits per heavy atom. The number of rotatable bonds is 7. The van der Waals surface area contributed by atoms with Crippen LogP contribution in [0.5, 0.6) is 5.75 Å². The van der Waals surface area contributed by atoms with Crippen LogP contribution in [-0.4, -0.2) is 20.9 Å². The molecule has 0 spiro atoms. The zero-order chi connectivity index (χ0) is 21.6. The Kier molecular flexibility index (Phi) is 6.35.